The van der Waals surface area contributed by atoms with Crippen LogP contribution < -0.4 is 5.32 Å². The standard InChI is InChI=1S/C23H22Cl2N4O2/c1-13-14(2)27-21(26-13)15-5-3-6-19(11-15)28-22(30)20-7-4-8-29(20)23(31)16-9-17(24)12-18(25)10-16/h3,5-6,9-12,20H,4,7-8H2,1-2H3,(H,26,27)(H,28,30). The molecule has 2 aromatic carbocycles. The molecule has 3 aromatic rings. The summed E-state index contributed by atoms with van der Waals surface area (Å²) in [5.74, 6) is 0.280. The number of amides is 2. The zero-order chi connectivity index (χ0) is 22.1. The van der Waals surface area contributed by atoms with E-state index in [2.05, 4.69) is 15.3 Å². The fourth-order valence-electron chi connectivity index (χ4n) is 3.78. The summed E-state index contributed by atoms with van der Waals surface area (Å²) in [7, 11) is 0. The first-order chi connectivity index (χ1) is 14.8. The zero-order valence-electron chi connectivity index (χ0n) is 17.2. The van der Waals surface area contributed by atoms with Crippen LogP contribution in [0.5, 0.6) is 0 Å². The number of nitrogens with one attached hydrogen (secondary N) is 2. The molecular formula is C23H22Cl2N4O2. The number of hydrogen-bond acceptors (Lipinski definition) is 3. The van der Waals surface area contributed by atoms with Crippen molar-refractivity contribution in [2.45, 2.75) is 32.7 Å². The van der Waals surface area contributed by atoms with E-state index >= 15 is 0 Å². The summed E-state index contributed by atoms with van der Waals surface area (Å²) in [6, 6.07) is 11.6. The van der Waals surface area contributed by atoms with Gasteiger partial charge in [0.15, 0.2) is 0 Å². The van der Waals surface area contributed by atoms with Crippen LogP contribution in [0.15, 0.2) is 42.5 Å². The van der Waals surface area contributed by atoms with Crippen molar-refractivity contribution in [1.82, 2.24) is 14.9 Å². The predicted molar refractivity (Wildman–Crippen MR) is 123 cm³/mol. The smallest absolute Gasteiger partial charge is 0.254 e. The van der Waals surface area contributed by atoms with Gasteiger partial charge in [-0.3, -0.25) is 9.59 Å². The maximum atomic E-state index is 13.0. The molecule has 0 saturated carbocycles. The predicted octanol–water partition coefficient (Wildman–Crippen LogP) is 5.24. The number of aromatic amines is 1. The number of benzene rings is 2. The molecule has 0 aliphatic carbocycles. The Kier molecular flexibility index (Phi) is 6.03. The van der Waals surface area contributed by atoms with Gasteiger partial charge in [0.2, 0.25) is 5.91 Å². The SMILES string of the molecule is Cc1nc(-c2cccc(NC(=O)C3CCCN3C(=O)c3cc(Cl)cc(Cl)c3)c2)[nH]c1C. The Morgan fingerprint density at radius 3 is 2.55 bits per heavy atom. The van der Waals surface area contributed by atoms with E-state index in [1.165, 1.54) is 0 Å². The third-order valence-corrected chi connectivity index (χ3v) is 5.89. The molecule has 0 spiro atoms. The van der Waals surface area contributed by atoms with Crippen molar-refractivity contribution in [1.29, 1.82) is 0 Å². The molecule has 2 amide bonds. The summed E-state index contributed by atoms with van der Waals surface area (Å²) < 4.78 is 0. The minimum atomic E-state index is -0.554. The molecule has 1 aliphatic rings. The summed E-state index contributed by atoms with van der Waals surface area (Å²) in [5, 5.41) is 3.72. The van der Waals surface area contributed by atoms with E-state index in [0.29, 0.717) is 34.3 Å². The van der Waals surface area contributed by atoms with Gasteiger partial charge in [0.25, 0.3) is 5.91 Å². The Morgan fingerprint density at radius 2 is 1.87 bits per heavy atom. The molecule has 4 rings (SSSR count). The number of halogens is 2. The summed E-state index contributed by atoms with van der Waals surface area (Å²) in [6.45, 7) is 4.42. The number of carbonyl (C=O) groups excluding carboxylic acids is 2. The number of aromatic nitrogens is 2. The molecule has 1 unspecified atom stereocenters. The third-order valence-electron chi connectivity index (χ3n) is 5.46. The Labute approximate surface area is 190 Å². The Hall–Kier alpha value is -2.83. The van der Waals surface area contributed by atoms with Crippen molar-refractivity contribution in [3.63, 3.8) is 0 Å². The second kappa shape index (κ2) is 8.73. The number of rotatable bonds is 4. The topological polar surface area (TPSA) is 78.1 Å². The molecule has 2 N–H and O–H groups in total. The largest absolute Gasteiger partial charge is 0.342 e. The lowest BCUT2D eigenvalue weighted by atomic mass is 10.1. The fourth-order valence-corrected chi connectivity index (χ4v) is 4.31. The van der Waals surface area contributed by atoms with Crippen molar-refractivity contribution in [3.8, 4) is 11.4 Å². The van der Waals surface area contributed by atoms with E-state index in [9.17, 15) is 9.59 Å². The third kappa shape index (κ3) is 4.60. The highest BCUT2D eigenvalue weighted by Gasteiger charge is 2.34. The quantitative estimate of drug-likeness (QED) is 0.562. The van der Waals surface area contributed by atoms with Crippen LogP contribution >= 0.6 is 23.2 Å². The maximum absolute atomic E-state index is 13.0. The van der Waals surface area contributed by atoms with Crippen molar-refractivity contribution < 1.29 is 9.59 Å². The number of imidazole rings is 1. The van der Waals surface area contributed by atoms with E-state index in [4.69, 9.17) is 23.2 Å². The van der Waals surface area contributed by atoms with Crippen LogP contribution in [0, 0.1) is 13.8 Å². The van der Waals surface area contributed by atoms with Crippen LogP contribution in [0.25, 0.3) is 11.4 Å². The molecule has 8 heteroatoms. The maximum Gasteiger partial charge on any atom is 0.254 e. The van der Waals surface area contributed by atoms with Crippen LogP contribution in [0.3, 0.4) is 0 Å². The molecule has 1 aromatic heterocycles. The highest BCUT2D eigenvalue weighted by atomic mass is 35.5. The monoisotopic (exact) mass is 456 g/mol. The van der Waals surface area contributed by atoms with Crippen molar-refractivity contribution >= 4 is 40.7 Å². The number of H-pyrrole nitrogens is 1. The lowest BCUT2D eigenvalue weighted by Crippen LogP contribution is -2.43. The minimum Gasteiger partial charge on any atom is -0.342 e. The van der Waals surface area contributed by atoms with Gasteiger partial charge in [0, 0.05) is 39.1 Å². The number of nitrogens with zero attached hydrogens (tertiary/aromatic N) is 2. The van der Waals surface area contributed by atoms with E-state index in [-0.39, 0.29) is 11.8 Å². The molecule has 2 heterocycles. The number of anilines is 1. The molecule has 160 valence electrons. The number of likely N-dealkylation sites (tertiary alicyclic amines) is 1. The molecule has 6 nitrogen and oxygen atoms in total. The van der Waals surface area contributed by atoms with E-state index in [1.54, 1.807) is 23.1 Å². The average Bonchev–Trinajstić information content (AvgIpc) is 3.34. The van der Waals surface area contributed by atoms with Crippen LogP contribution in [0.2, 0.25) is 10.0 Å². The first kappa shape index (κ1) is 21.4. The second-order valence-corrected chi connectivity index (χ2v) is 8.55. The first-order valence-electron chi connectivity index (χ1n) is 10.0. The number of hydrogen-bond donors (Lipinski definition) is 2. The lowest BCUT2D eigenvalue weighted by molar-refractivity contribution is -0.119. The summed E-state index contributed by atoms with van der Waals surface area (Å²) in [6.07, 6.45) is 1.35. The van der Waals surface area contributed by atoms with Crippen LogP contribution in [0.1, 0.15) is 34.6 Å². The summed E-state index contributed by atoms with van der Waals surface area (Å²) in [4.78, 5) is 35.4. The minimum absolute atomic E-state index is 0.220. The average molecular weight is 457 g/mol. The molecule has 1 aliphatic heterocycles. The number of carbonyl (C=O) groups is 2. The highest BCUT2D eigenvalue weighted by molar-refractivity contribution is 6.35. The Bertz CT molecular complexity index is 1120. The van der Waals surface area contributed by atoms with E-state index < -0.39 is 6.04 Å². The van der Waals surface area contributed by atoms with Crippen LogP contribution in [0.4, 0.5) is 5.69 Å². The van der Waals surface area contributed by atoms with Gasteiger partial charge in [-0.05, 0) is 57.0 Å². The molecule has 1 fully saturated rings. The van der Waals surface area contributed by atoms with Crippen molar-refractivity contribution in [3.05, 3.63) is 69.5 Å². The zero-order valence-corrected chi connectivity index (χ0v) is 18.7. The van der Waals surface area contributed by atoms with Gasteiger partial charge < -0.3 is 15.2 Å². The Morgan fingerprint density at radius 1 is 1.13 bits per heavy atom. The molecule has 31 heavy (non-hydrogen) atoms. The molecule has 1 atom stereocenters. The van der Waals surface area contributed by atoms with E-state index in [0.717, 1.165) is 29.2 Å². The molecule has 0 bridgehead atoms. The normalized spacial score (nSPS) is 15.9. The Balaban J connectivity index is 1.51. The first-order valence-corrected chi connectivity index (χ1v) is 10.8. The number of aryl methyl sites for hydroxylation is 2. The van der Waals surface area contributed by atoms with Gasteiger partial charge in [0.1, 0.15) is 11.9 Å². The fraction of sp³-hybridized carbons (Fsp3) is 0.261. The van der Waals surface area contributed by atoms with Gasteiger partial charge in [-0.15, -0.1) is 0 Å². The summed E-state index contributed by atoms with van der Waals surface area (Å²) in [5.41, 5.74) is 3.85. The molecular weight excluding hydrogens is 435 g/mol. The van der Waals surface area contributed by atoms with Gasteiger partial charge in [-0.2, -0.15) is 0 Å². The lowest BCUT2D eigenvalue weighted by Gasteiger charge is -2.24. The van der Waals surface area contributed by atoms with Crippen LogP contribution in [-0.4, -0.2) is 39.3 Å². The van der Waals surface area contributed by atoms with E-state index in [1.807, 2.05) is 38.1 Å². The van der Waals surface area contributed by atoms with Gasteiger partial charge in [-0.1, -0.05) is 35.3 Å². The van der Waals surface area contributed by atoms with Crippen LogP contribution in [-0.2, 0) is 4.79 Å². The molecule has 1 saturated heterocycles. The second-order valence-electron chi connectivity index (χ2n) is 7.68. The summed E-state index contributed by atoms with van der Waals surface area (Å²) >= 11 is 12.1. The van der Waals surface area contributed by atoms with Crippen molar-refractivity contribution in [2.75, 3.05) is 11.9 Å². The molecule has 0 radical (unpaired) electrons. The highest BCUT2D eigenvalue weighted by Crippen LogP contribution is 2.26. The van der Waals surface area contributed by atoms with Gasteiger partial charge in [-0.25, -0.2) is 4.98 Å². The van der Waals surface area contributed by atoms with Crippen molar-refractivity contribution in [2.24, 2.45) is 0 Å². The van der Waals surface area contributed by atoms with Gasteiger partial charge >= 0.3 is 0 Å². The van der Waals surface area contributed by atoms with Gasteiger partial charge in [0.05, 0.1) is 5.69 Å².